The molecule has 2 aromatic carbocycles. The number of ether oxygens (including phenoxy) is 4. The third kappa shape index (κ3) is 10.4. The molecule has 274 valence electrons. The van der Waals surface area contributed by atoms with Gasteiger partial charge in [0.25, 0.3) is 5.91 Å². The summed E-state index contributed by atoms with van der Waals surface area (Å²) in [6.45, 7) is 6.19. The number of rotatable bonds is 13. The molecular weight excluding hydrogens is 658 g/mol. The van der Waals surface area contributed by atoms with Crippen LogP contribution in [0.5, 0.6) is 5.75 Å². The topological polar surface area (TPSA) is 181 Å². The van der Waals surface area contributed by atoms with Gasteiger partial charge in [0.2, 0.25) is 0 Å². The van der Waals surface area contributed by atoms with E-state index in [0.717, 1.165) is 22.4 Å². The van der Waals surface area contributed by atoms with E-state index >= 15 is 0 Å². The number of benzene rings is 2. The molecule has 5 N–H and O–H groups in total. The molecule has 2 aliphatic heterocycles. The van der Waals surface area contributed by atoms with Gasteiger partial charge in [0.05, 0.1) is 44.1 Å². The summed E-state index contributed by atoms with van der Waals surface area (Å²) < 4.78 is 21.7. The lowest BCUT2D eigenvalue weighted by molar-refractivity contribution is -0.131. The molecule has 2 aliphatic rings. The van der Waals surface area contributed by atoms with E-state index in [4.69, 9.17) is 18.9 Å². The van der Waals surface area contributed by atoms with E-state index in [1.807, 2.05) is 42.5 Å². The summed E-state index contributed by atoms with van der Waals surface area (Å²) in [4.78, 5) is 43.6. The summed E-state index contributed by atoms with van der Waals surface area (Å²) in [5.74, 6) is -0.516. The molecule has 0 bridgehead atoms. The maximum Gasteiger partial charge on any atom is 0.407 e. The van der Waals surface area contributed by atoms with Crippen LogP contribution in [0, 0.1) is 11.3 Å². The van der Waals surface area contributed by atoms with Gasteiger partial charge in [0.15, 0.2) is 6.29 Å². The molecule has 2 saturated heterocycles. The molecule has 14 nitrogen and oxygen atoms in total. The summed E-state index contributed by atoms with van der Waals surface area (Å²) >= 11 is 0. The van der Waals surface area contributed by atoms with Crippen molar-refractivity contribution in [2.75, 3.05) is 26.9 Å². The first-order valence-electron chi connectivity index (χ1n) is 17.0. The summed E-state index contributed by atoms with van der Waals surface area (Å²) in [6, 6.07) is 17.9. The fraction of sp³-hybridized carbons (Fsp3) is 0.459. The van der Waals surface area contributed by atoms with Gasteiger partial charge in [-0.2, -0.15) is 0 Å². The van der Waals surface area contributed by atoms with Gasteiger partial charge in [-0.15, -0.1) is 0 Å². The van der Waals surface area contributed by atoms with Crippen molar-refractivity contribution in [2.45, 2.75) is 70.7 Å². The van der Waals surface area contributed by atoms with E-state index in [1.165, 1.54) is 19.2 Å². The van der Waals surface area contributed by atoms with Crippen molar-refractivity contribution in [3.8, 4) is 17.0 Å². The maximum absolute atomic E-state index is 13.8. The van der Waals surface area contributed by atoms with Crippen LogP contribution in [0.15, 0.2) is 72.9 Å². The number of aromatic hydroxyl groups is 1. The van der Waals surface area contributed by atoms with Crippen molar-refractivity contribution in [1.29, 1.82) is 0 Å². The van der Waals surface area contributed by atoms with Crippen LogP contribution in [-0.2, 0) is 36.7 Å². The lowest BCUT2D eigenvalue weighted by Gasteiger charge is -2.34. The molecule has 2 fully saturated rings. The number of hydrogen-bond donors (Lipinski definition) is 5. The van der Waals surface area contributed by atoms with Gasteiger partial charge in [0.1, 0.15) is 17.9 Å². The molecule has 3 heterocycles. The Hall–Kier alpha value is -4.76. The van der Waals surface area contributed by atoms with Crippen molar-refractivity contribution in [1.82, 2.24) is 26.1 Å². The number of amides is 3. The third-order valence-electron chi connectivity index (χ3n) is 8.94. The van der Waals surface area contributed by atoms with E-state index in [1.54, 1.807) is 44.1 Å². The Morgan fingerprint density at radius 3 is 2.37 bits per heavy atom. The monoisotopic (exact) mass is 705 g/mol. The lowest BCUT2D eigenvalue weighted by Crippen LogP contribution is -2.59. The number of carbonyl (C=O) groups excluding carboxylic acids is 3. The van der Waals surface area contributed by atoms with Gasteiger partial charge in [0, 0.05) is 24.8 Å². The van der Waals surface area contributed by atoms with E-state index < -0.39 is 54.1 Å². The molecule has 6 atom stereocenters. The second-order valence-corrected chi connectivity index (χ2v) is 13.9. The Morgan fingerprint density at radius 1 is 0.980 bits per heavy atom. The quantitative estimate of drug-likeness (QED) is 0.164. The SMILES string of the molecule is COC(=O)NC(C(=O)NN(Cc1ccc(-c2ccccn2)cc1)C[C@H](O)[C@H](Cc1ccc(O)cc1)NC(=O)O[C@H]1CO[C@H]2OCC[C@H]21)C(C)(C)C. The molecule has 51 heavy (non-hydrogen) atoms. The van der Waals surface area contributed by atoms with Gasteiger partial charge in [-0.1, -0.05) is 63.2 Å². The number of phenolic OH excluding ortho intramolecular Hbond substituents is 1. The first-order valence-corrected chi connectivity index (χ1v) is 17.0. The van der Waals surface area contributed by atoms with E-state index in [9.17, 15) is 24.6 Å². The number of methoxy groups -OCH3 is 1. The first kappa shape index (κ1) is 37.5. The summed E-state index contributed by atoms with van der Waals surface area (Å²) in [7, 11) is 1.22. The first-order chi connectivity index (χ1) is 24.4. The minimum absolute atomic E-state index is 0.0691. The Kier molecular flexibility index (Phi) is 12.5. The molecule has 1 unspecified atom stereocenters. The number of hydrogen-bond acceptors (Lipinski definition) is 11. The number of nitrogens with zero attached hydrogens (tertiary/aromatic N) is 2. The van der Waals surface area contributed by atoms with Crippen molar-refractivity contribution >= 4 is 18.1 Å². The zero-order valence-electron chi connectivity index (χ0n) is 29.3. The zero-order chi connectivity index (χ0) is 36.5. The second-order valence-electron chi connectivity index (χ2n) is 13.9. The largest absolute Gasteiger partial charge is 0.508 e. The number of hydrazine groups is 1. The molecule has 3 aromatic rings. The van der Waals surface area contributed by atoms with Gasteiger partial charge < -0.3 is 39.8 Å². The number of aliphatic hydroxyl groups excluding tert-OH is 1. The van der Waals surface area contributed by atoms with Gasteiger partial charge in [-0.05, 0) is 53.6 Å². The minimum atomic E-state index is -1.23. The smallest absolute Gasteiger partial charge is 0.407 e. The molecule has 0 radical (unpaired) electrons. The van der Waals surface area contributed by atoms with Crippen LogP contribution in [-0.4, -0.2) is 95.7 Å². The fourth-order valence-electron chi connectivity index (χ4n) is 6.15. The Bertz CT molecular complexity index is 1600. The highest BCUT2D eigenvalue weighted by Crippen LogP contribution is 2.33. The summed E-state index contributed by atoms with van der Waals surface area (Å²) in [5.41, 5.74) is 5.45. The summed E-state index contributed by atoms with van der Waals surface area (Å²) in [5, 5.41) is 28.6. The Morgan fingerprint density at radius 2 is 1.71 bits per heavy atom. The Balaban J connectivity index is 1.36. The molecule has 0 spiro atoms. The highest BCUT2D eigenvalue weighted by molar-refractivity contribution is 5.86. The number of carbonyl (C=O) groups is 3. The van der Waals surface area contributed by atoms with Gasteiger partial charge in [-0.25, -0.2) is 14.6 Å². The Labute approximate surface area is 297 Å². The highest BCUT2D eigenvalue weighted by atomic mass is 16.7. The fourth-order valence-corrected chi connectivity index (χ4v) is 6.15. The van der Waals surface area contributed by atoms with Crippen LogP contribution in [0.25, 0.3) is 11.3 Å². The van der Waals surface area contributed by atoms with E-state index in [0.29, 0.717) is 13.0 Å². The van der Waals surface area contributed by atoms with Crippen LogP contribution in [0.1, 0.15) is 38.3 Å². The number of fused-ring (bicyclic) bond motifs is 1. The van der Waals surface area contributed by atoms with Crippen molar-refractivity contribution in [2.24, 2.45) is 11.3 Å². The minimum Gasteiger partial charge on any atom is -0.508 e. The predicted octanol–water partition coefficient (Wildman–Crippen LogP) is 3.52. The molecule has 5 rings (SSSR count). The molecule has 0 aliphatic carbocycles. The number of aromatic nitrogens is 1. The lowest BCUT2D eigenvalue weighted by atomic mass is 9.86. The number of pyridine rings is 1. The van der Waals surface area contributed by atoms with Gasteiger partial charge in [-0.3, -0.25) is 15.2 Å². The molecule has 1 aromatic heterocycles. The third-order valence-corrected chi connectivity index (χ3v) is 8.94. The zero-order valence-corrected chi connectivity index (χ0v) is 29.3. The van der Waals surface area contributed by atoms with E-state index in [-0.39, 0.29) is 37.8 Å². The number of phenols is 1. The van der Waals surface area contributed by atoms with Crippen molar-refractivity contribution < 1.29 is 43.5 Å². The van der Waals surface area contributed by atoms with Crippen molar-refractivity contribution in [3.63, 3.8) is 0 Å². The van der Waals surface area contributed by atoms with Crippen LogP contribution in [0.4, 0.5) is 9.59 Å². The van der Waals surface area contributed by atoms with Crippen LogP contribution in [0.2, 0.25) is 0 Å². The number of alkyl carbamates (subject to hydrolysis) is 2. The number of aliphatic hydroxyl groups is 1. The molecule has 3 amide bonds. The van der Waals surface area contributed by atoms with Crippen LogP contribution in [0.3, 0.4) is 0 Å². The molecule has 14 heteroatoms. The summed E-state index contributed by atoms with van der Waals surface area (Å²) in [6.07, 6.45) is -1.01. The van der Waals surface area contributed by atoms with Crippen LogP contribution < -0.4 is 16.1 Å². The van der Waals surface area contributed by atoms with Gasteiger partial charge >= 0.3 is 12.2 Å². The van der Waals surface area contributed by atoms with Crippen LogP contribution >= 0.6 is 0 Å². The standard InChI is InChI=1S/C37H47N5O9/c1-37(2,3)32(40-35(46)48-4)33(45)41-42(20-24-8-12-25(13-9-24)28-7-5-6-17-38-28)21-30(44)29(19-23-10-14-26(43)15-11-23)39-36(47)51-31-22-50-34-27(31)16-18-49-34/h5-15,17,27,29-32,34,43-44H,16,18-22H2,1-4H3,(H,39,47)(H,40,46)(H,41,45)/t27-,29-,30-,31-,32?,34+/m0/s1. The molecule has 0 saturated carbocycles. The van der Waals surface area contributed by atoms with E-state index in [2.05, 4.69) is 21.0 Å². The highest BCUT2D eigenvalue weighted by Gasteiger charge is 2.44. The average Bonchev–Trinajstić information content (AvgIpc) is 3.73. The molecular formula is C37H47N5O9. The number of nitrogens with one attached hydrogen (secondary N) is 3. The van der Waals surface area contributed by atoms with Crippen molar-refractivity contribution in [3.05, 3.63) is 84.1 Å². The predicted molar refractivity (Wildman–Crippen MR) is 186 cm³/mol. The maximum atomic E-state index is 13.8. The second kappa shape index (κ2) is 17.0. The normalized spacial score (nSPS) is 20.2. The average molecular weight is 706 g/mol.